The molecule has 1 amide bonds. The van der Waals surface area contributed by atoms with Crippen LogP contribution in [0.25, 0.3) is 10.9 Å². The molecule has 35 heavy (non-hydrogen) atoms. The molecule has 1 fully saturated rings. The molecule has 0 saturated carbocycles. The first-order chi connectivity index (χ1) is 16.7. The second-order valence-corrected chi connectivity index (χ2v) is 9.28. The number of rotatable bonds is 8. The molecule has 3 N–H and O–H groups in total. The fourth-order valence-corrected chi connectivity index (χ4v) is 5.02. The smallest absolute Gasteiger partial charge is 0.310 e. The summed E-state index contributed by atoms with van der Waals surface area (Å²) in [5.74, 6) is -1.68. The summed E-state index contributed by atoms with van der Waals surface area (Å²) in [5.41, 5.74) is 1.85. The van der Waals surface area contributed by atoms with Crippen LogP contribution in [-0.4, -0.2) is 47.0 Å². The second kappa shape index (κ2) is 9.79. The van der Waals surface area contributed by atoms with Gasteiger partial charge >= 0.3 is 5.97 Å². The van der Waals surface area contributed by atoms with Gasteiger partial charge in [0.15, 0.2) is 11.5 Å². The van der Waals surface area contributed by atoms with Gasteiger partial charge in [-0.2, -0.15) is 0 Å². The zero-order valence-electron chi connectivity index (χ0n) is 19.9. The molecule has 8 nitrogen and oxygen atoms in total. The maximum atomic E-state index is 13.5. The Labute approximate surface area is 208 Å². The zero-order valence-corrected chi connectivity index (χ0v) is 20.7. The maximum Gasteiger partial charge on any atom is 0.310 e. The summed E-state index contributed by atoms with van der Waals surface area (Å²) < 4.78 is 12.6. The van der Waals surface area contributed by atoms with Crippen molar-refractivity contribution in [2.24, 2.45) is 7.05 Å². The Balaban J connectivity index is 1.67. The van der Waals surface area contributed by atoms with Crippen molar-refractivity contribution in [3.05, 3.63) is 58.2 Å². The van der Waals surface area contributed by atoms with Crippen LogP contribution in [0, 0.1) is 0 Å². The number of aromatic nitrogens is 1. The van der Waals surface area contributed by atoms with Gasteiger partial charge in [-0.15, -0.1) is 0 Å². The third kappa shape index (κ3) is 4.44. The summed E-state index contributed by atoms with van der Waals surface area (Å²) in [5, 5.41) is 23.6. The Morgan fingerprint density at radius 2 is 2.00 bits per heavy atom. The number of hydrogen-bond donors (Lipinski definition) is 3. The number of carboxylic acids is 1. The summed E-state index contributed by atoms with van der Waals surface area (Å²) in [6, 6.07) is 10.7. The van der Waals surface area contributed by atoms with Crippen LogP contribution in [0.4, 0.5) is 0 Å². The molecule has 2 unspecified atom stereocenters. The molecule has 1 aliphatic heterocycles. The highest BCUT2D eigenvalue weighted by atomic mass is 35.5. The lowest BCUT2D eigenvalue weighted by Gasteiger charge is -2.30. The number of benzene rings is 2. The molecular weight excluding hydrogens is 472 g/mol. The highest BCUT2D eigenvalue weighted by molar-refractivity contribution is 6.37. The summed E-state index contributed by atoms with van der Waals surface area (Å²) in [6.45, 7) is 2.75. The van der Waals surface area contributed by atoms with E-state index in [4.69, 9.17) is 21.1 Å². The Kier molecular flexibility index (Phi) is 6.96. The monoisotopic (exact) mass is 500 g/mol. The molecule has 1 aromatic heterocycles. The predicted molar refractivity (Wildman–Crippen MR) is 132 cm³/mol. The SMILES string of the molecule is CCCC(C(=O)O)c1ccc(C2(NC(=O)c3cc4c(Cl)c(O)c(OC)cc4n3C)CCOC2)cc1. The topological polar surface area (TPSA) is 110 Å². The largest absolute Gasteiger partial charge is 0.503 e. The summed E-state index contributed by atoms with van der Waals surface area (Å²) in [6.07, 6.45) is 1.91. The quantitative estimate of drug-likeness (QED) is 0.418. The van der Waals surface area contributed by atoms with Gasteiger partial charge in [0.1, 0.15) is 5.69 Å². The lowest BCUT2D eigenvalue weighted by Crippen LogP contribution is -2.47. The number of hydrogen-bond acceptors (Lipinski definition) is 5. The molecular formula is C26H29ClN2O6. The minimum absolute atomic E-state index is 0.114. The highest BCUT2D eigenvalue weighted by Gasteiger charge is 2.39. The molecule has 3 aromatic rings. The number of nitrogens with one attached hydrogen (secondary N) is 1. The number of amides is 1. The molecule has 0 bridgehead atoms. The van der Waals surface area contributed by atoms with Gasteiger partial charge in [0, 0.05) is 31.5 Å². The van der Waals surface area contributed by atoms with Crippen molar-refractivity contribution in [2.75, 3.05) is 20.3 Å². The van der Waals surface area contributed by atoms with Gasteiger partial charge in [-0.1, -0.05) is 49.2 Å². The van der Waals surface area contributed by atoms with Crippen LogP contribution >= 0.6 is 11.6 Å². The first-order valence-electron chi connectivity index (χ1n) is 11.5. The lowest BCUT2D eigenvalue weighted by molar-refractivity contribution is -0.139. The molecule has 2 heterocycles. The normalized spacial score (nSPS) is 18.5. The Morgan fingerprint density at radius 1 is 1.29 bits per heavy atom. The number of nitrogens with zero attached hydrogens (tertiary/aromatic N) is 1. The molecule has 1 aliphatic rings. The summed E-state index contributed by atoms with van der Waals surface area (Å²) in [4.78, 5) is 25.1. The van der Waals surface area contributed by atoms with E-state index in [0.717, 1.165) is 17.5 Å². The van der Waals surface area contributed by atoms with Crippen molar-refractivity contribution in [1.29, 1.82) is 0 Å². The van der Waals surface area contributed by atoms with Crippen molar-refractivity contribution >= 4 is 34.4 Å². The average Bonchev–Trinajstić information content (AvgIpc) is 3.45. The molecule has 1 saturated heterocycles. The van der Waals surface area contributed by atoms with E-state index in [9.17, 15) is 19.8 Å². The Morgan fingerprint density at radius 3 is 2.57 bits per heavy atom. The number of carbonyl (C=O) groups is 2. The van der Waals surface area contributed by atoms with Crippen molar-refractivity contribution < 1.29 is 29.3 Å². The van der Waals surface area contributed by atoms with Gasteiger partial charge in [0.25, 0.3) is 5.91 Å². The van der Waals surface area contributed by atoms with Crippen LogP contribution in [0.1, 0.15) is 53.7 Å². The van der Waals surface area contributed by atoms with E-state index >= 15 is 0 Å². The van der Waals surface area contributed by atoms with E-state index in [0.29, 0.717) is 42.7 Å². The van der Waals surface area contributed by atoms with Crippen LogP contribution in [0.2, 0.25) is 5.02 Å². The predicted octanol–water partition coefficient (Wildman–Crippen LogP) is 4.56. The average molecular weight is 501 g/mol. The minimum Gasteiger partial charge on any atom is -0.503 e. The van der Waals surface area contributed by atoms with Crippen LogP contribution in [0.5, 0.6) is 11.5 Å². The summed E-state index contributed by atoms with van der Waals surface area (Å²) >= 11 is 6.34. The number of phenolic OH excluding ortho intramolecular Hbond substituents is 1. The number of ether oxygens (including phenoxy) is 2. The standard InChI is InChI=1S/C26H29ClN2O6/c1-4-5-17(25(32)33)15-6-8-16(9-7-15)26(10-11-35-14-26)28-24(31)20-12-18-19(29(20)2)13-21(34-3)23(30)22(18)27/h6-9,12-13,17,30H,4-5,10-11,14H2,1-3H3,(H,28,31)(H,32,33). The number of halogens is 1. The first kappa shape index (κ1) is 24.9. The van der Waals surface area contributed by atoms with Crippen molar-refractivity contribution in [3.8, 4) is 11.5 Å². The van der Waals surface area contributed by atoms with Gasteiger partial charge in [-0.3, -0.25) is 9.59 Å². The summed E-state index contributed by atoms with van der Waals surface area (Å²) in [7, 11) is 3.18. The van der Waals surface area contributed by atoms with Crippen LogP contribution < -0.4 is 10.1 Å². The molecule has 2 atom stereocenters. The fourth-order valence-electron chi connectivity index (χ4n) is 4.77. The van der Waals surface area contributed by atoms with Gasteiger partial charge in [-0.25, -0.2) is 0 Å². The number of fused-ring (bicyclic) bond motifs is 1. The van der Waals surface area contributed by atoms with Crippen molar-refractivity contribution in [3.63, 3.8) is 0 Å². The van der Waals surface area contributed by atoms with E-state index in [1.54, 1.807) is 23.7 Å². The molecule has 9 heteroatoms. The van der Waals surface area contributed by atoms with Gasteiger partial charge < -0.3 is 29.6 Å². The number of phenols is 1. The van der Waals surface area contributed by atoms with Crippen molar-refractivity contribution in [1.82, 2.24) is 9.88 Å². The van der Waals surface area contributed by atoms with E-state index < -0.39 is 17.4 Å². The molecule has 186 valence electrons. The van der Waals surface area contributed by atoms with Gasteiger partial charge in [0.05, 0.1) is 35.7 Å². The van der Waals surface area contributed by atoms with E-state index in [1.165, 1.54) is 7.11 Å². The zero-order chi connectivity index (χ0) is 25.3. The maximum absolute atomic E-state index is 13.5. The second-order valence-electron chi connectivity index (χ2n) is 8.90. The third-order valence-corrected chi connectivity index (χ3v) is 7.18. The van der Waals surface area contributed by atoms with Crippen molar-refractivity contribution in [2.45, 2.75) is 37.6 Å². The number of aryl methyl sites for hydroxylation is 1. The Hall–Kier alpha value is -3.23. The van der Waals surface area contributed by atoms with E-state index in [1.807, 2.05) is 31.2 Å². The van der Waals surface area contributed by atoms with E-state index in [-0.39, 0.29) is 22.4 Å². The number of carbonyl (C=O) groups excluding carboxylic acids is 1. The first-order valence-corrected chi connectivity index (χ1v) is 11.9. The molecule has 0 aliphatic carbocycles. The van der Waals surface area contributed by atoms with E-state index in [2.05, 4.69) is 5.32 Å². The van der Waals surface area contributed by atoms with Crippen LogP contribution in [0.15, 0.2) is 36.4 Å². The molecule has 0 radical (unpaired) electrons. The molecule has 4 rings (SSSR count). The number of aliphatic carboxylic acids is 1. The molecule has 0 spiro atoms. The van der Waals surface area contributed by atoms with Gasteiger partial charge in [-0.05, 0) is 23.6 Å². The molecule has 2 aromatic carbocycles. The lowest BCUT2D eigenvalue weighted by atomic mass is 9.86. The number of aromatic hydroxyl groups is 1. The Bertz CT molecular complexity index is 1260. The van der Waals surface area contributed by atoms with Crippen LogP contribution in [0.3, 0.4) is 0 Å². The fraction of sp³-hybridized carbons (Fsp3) is 0.385. The third-order valence-electron chi connectivity index (χ3n) is 6.79. The highest BCUT2D eigenvalue weighted by Crippen LogP contribution is 2.41. The number of methoxy groups -OCH3 is 1. The van der Waals surface area contributed by atoms with Gasteiger partial charge in [0.2, 0.25) is 0 Å². The minimum atomic E-state index is -0.844. The number of carboxylic acid groups (broad SMARTS) is 1. The van der Waals surface area contributed by atoms with Crippen LogP contribution in [-0.2, 0) is 22.1 Å².